The van der Waals surface area contributed by atoms with E-state index in [-0.39, 0.29) is 16.3 Å². The summed E-state index contributed by atoms with van der Waals surface area (Å²) in [7, 11) is 0. The Balaban J connectivity index is 1.75. The van der Waals surface area contributed by atoms with Crippen LogP contribution in [-0.4, -0.2) is 30.0 Å². The number of nitrogens with one attached hydrogen (secondary N) is 1. The summed E-state index contributed by atoms with van der Waals surface area (Å²) >= 11 is 5.85. The van der Waals surface area contributed by atoms with E-state index < -0.39 is 23.4 Å². The number of aryl methyl sites for hydroxylation is 1. The van der Waals surface area contributed by atoms with E-state index in [1.54, 1.807) is 0 Å². The van der Waals surface area contributed by atoms with Crippen LogP contribution < -0.4 is 5.32 Å². The van der Waals surface area contributed by atoms with Gasteiger partial charge in [-0.2, -0.15) is 0 Å². The lowest BCUT2D eigenvalue weighted by atomic mass is 10.1. The molecule has 2 rings (SSSR count). The van der Waals surface area contributed by atoms with Gasteiger partial charge in [0.05, 0.1) is 15.5 Å². The van der Waals surface area contributed by atoms with Crippen molar-refractivity contribution in [2.24, 2.45) is 0 Å². The van der Waals surface area contributed by atoms with Gasteiger partial charge in [-0.05, 0) is 24.5 Å². The molecule has 8 heteroatoms. The molecule has 0 fully saturated rings. The third-order valence-corrected chi connectivity index (χ3v) is 3.85. The number of hydrogen-bond acceptors (Lipinski definition) is 5. The second-order valence-electron chi connectivity index (χ2n) is 5.44. The first-order valence-electron chi connectivity index (χ1n) is 7.89. The van der Waals surface area contributed by atoms with E-state index >= 15 is 0 Å². The van der Waals surface area contributed by atoms with Crippen molar-refractivity contribution in [1.29, 1.82) is 0 Å². The topological polar surface area (TPSA) is 98.5 Å². The molecular weight excluding hydrogens is 360 g/mol. The van der Waals surface area contributed by atoms with Crippen molar-refractivity contribution < 1.29 is 19.2 Å². The summed E-state index contributed by atoms with van der Waals surface area (Å²) in [5.74, 6) is -1.34. The van der Waals surface area contributed by atoms with Gasteiger partial charge in [0.1, 0.15) is 0 Å². The Hall–Kier alpha value is -2.93. The number of carbonyl (C=O) groups excluding carboxylic acids is 2. The van der Waals surface area contributed by atoms with Crippen LogP contribution in [0, 0.1) is 10.1 Å². The van der Waals surface area contributed by atoms with Gasteiger partial charge in [0.25, 0.3) is 11.6 Å². The Morgan fingerprint density at radius 1 is 1.15 bits per heavy atom. The molecule has 26 heavy (non-hydrogen) atoms. The van der Waals surface area contributed by atoms with Crippen molar-refractivity contribution in [1.82, 2.24) is 5.32 Å². The fourth-order valence-electron chi connectivity index (χ4n) is 2.21. The predicted octanol–water partition coefficient (Wildman–Crippen LogP) is 3.15. The highest BCUT2D eigenvalue weighted by molar-refractivity contribution is 6.33. The zero-order valence-corrected chi connectivity index (χ0v) is 14.6. The van der Waals surface area contributed by atoms with Crippen molar-refractivity contribution in [3.63, 3.8) is 0 Å². The first-order chi connectivity index (χ1) is 12.5. The number of nitro benzene ring substituents is 1. The van der Waals surface area contributed by atoms with E-state index in [2.05, 4.69) is 5.32 Å². The number of hydrogen-bond donors (Lipinski definition) is 1. The van der Waals surface area contributed by atoms with E-state index in [9.17, 15) is 19.7 Å². The van der Waals surface area contributed by atoms with E-state index in [0.717, 1.165) is 18.9 Å². The van der Waals surface area contributed by atoms with Crippen LogP contribution in [0.25, 0.3) is 0 Å². The highest BCUT2D eigenvalue weighted by atomic mass is 35.5. The molecule has 0 bridgehead atoms. The standard InChI is InChI=1S/C18H17ClN2O5/c19-16-9-8-14(21(24)25)11-15(16)18(23)26-12-17(22)20-10-4-7-13-5-2-1-3-6-13/h1-3,5-6,8-9,11H,4,7,10,12H2,(H,20,22). The molecule has 0 saturated carbocycles. The number of halogens is 1. The Morgan fingerprint density at radius 2 is 1.88 bits per heavy atom. The van der Waals surface area contributed by atoms with Crippen molar-refractivity contribution in [2.75, 3.05) is 13.2 Å². The zero-order valence-electron chi connectivity index (χ0n) is 13.8. The maximum absolute atomic E-state index is 12.0. The molecule has 1 amide bonds. The smallest absolute Gasteiger partial charge is 0.340 e. The number of non-ortho nitro benzene ring substituents is 1. The molecule has 0 atom stereocenters. The quantitative estimate of drug-likeness (QED) is 0.330. The molecule has 0 unspecified atom stereocenters. The molecule has 0 radical (unpaired) electrons. The highest BCUT2D eigenvalue weighted by Gasteiger charge is 2.18. The highest BCUT2D eigenvalue weighted by Crippen LogP contribution is 2.22. The molecule has 0 aliphatic carbocycles. The van der Waals surface area contributed by atoms with E-state index in [1.165, 1.54) is 17.7 Å². The van der Waals surface area contributed by atoms with Gasteiger partial charge >= 0.3 is 5.97 Å². The van der Waals surface area contributed by atoms with Crippen molar-refractivity contribution in [3.8, 4) is 0 Å². The van der Waals surface area contributed by atoms with Crippen LogP contribution in [0.4, 0.5) is 5.69 Å². The van der Waals surface area contributed by atoms with E-state index in [0.29, 0.717) is 6.54 Å². The molecular formula is C18H17ClN2O5. The molecule has 136 valence electrons. The van der Waals surface area contributed by atoms with Crippen molar-refractivity contribution >= 4 is 29.2 Å². The minimum Gasteiger partial charge on any atom is -0.452 e. The molecule has 0 aliphatic rings. The fraction of sp³-hybridized carbons (Fsp3) is 0.222. The maximum Gasteiger partial charge on any atom is 0.340 e. The van der Waals surface area contributed by atoms with Gasteiger partial charge in [0.15, 0.2) is 6.61 Å². The second kappa shape index (κ2) is 9.53. The summed E-state index contributed by atoms with van der Waals surface area (Å²) in [6.07, 6.45) is 1.57. The average Bonchev–Trinajstić information content (AvgIpc) is 2.64. The summed E-state index contributed by atoms with van der Waals surface area (Å²) in [5.41, 5.74) is 0.734. The summed E-state index contributed by atoms with van der Waals surface area (Å²) in [4.78, 5) is 33.8. The summed E-state index contributed by atoms with van der Waals surface area (Å²) in [6, 6.07) is 13.3. The summed E-state index contributed by atoms with van der Waals surface area (Å²) in [6.45, 7) is -0.0357. The molecule has 0 saturated heterocycles. The second-order valence-corrected chi connectivity index (χ2v) is 5.84. The molecule has 0 aromatic heterocycles. The van der Waals surface area contributed by atoms with Crippen molar-refractivity contribution in [2.45, 2.75) is 12.8 Å². The number of esters is 1. The minimum atomic E-state index is -0.891. The van der Waals surface area contributed by atoms with Gasteiger partial charge in [0, 0.05) is 18.7 Å². The number of nitro groups is 1. The minimum absolute atomic E-state index is 0.0175. The Labute approximate surface area is 155 Å². The number of benzene rings is 2. The lowest BCUT2D eigenvalue weighted by molar-refractivity contribution is -0.384. The Morgan fingerprint density at radius 3 is 2.58 bits per heavy atom. The van der Waals surface area contributed by atoms with Gasteiger partial charge in [-0.25, -0.2) is 4.79 Å². The van der Waals surface area contributed by atoms with Crippen LogP contribution in [0.15, 0.2) is 48.5 Å². The van der Waals surface area contributed by atoms with Crippen LogP contribution in [0.3, 0.4) is 0 Å². The molecule has 2 aromatic rings. The summed E-state index contributed by atoms with van der Waals surface area (Å²) in [5, 5.41) is 13.4. The number of carbonyl (C=O) groups is 2. The largest absolute Gasteiger partial charge is 0.452 e. The van der Waals surface area contributed by atoms with Gasteiger partial charge in [0.2, 0.25) is 0 Å². The van der Waals surface area contributed by atoms with Crippen LogP contribution in [0.1, 0.15) is 22.3 Å². The van der Waals surface area contributed by atoms with Crippen molar-refractivity contribution in [3.05, 3.63) is 74.8 Å². The third-order valence-electron chi connectivity index (χ3n) is 3.52. The normalized spacial score (nSPS) is 10.2. The predicted molar refractivity (Wildman–Crippen MR) is 96.2 cm³/mol. The first-order valence-corrected chi connectivity index (χ1v) is 8.27. The molecule has 0 heterocycles. The number of ether oxygens (including phenoxy) is 1. The van der Waals surface area contributed by atoms with Gasteiger partial charge in [-0.3, -0.25) is 14.9 Å². The lowest BCUT2D eigenvalue weighted by Gasteiger charge is -2.07. The SMILES string of the molecule is O=C(COC(=O)c1cc([N+](=O)[O-])ccc1Cl)NCCCc1ccccc1. The Kier molecular flexibility index (Phi) is 7.11. The maximum atomic E-state index is 12.0. The van der Waals surface area contributed by atoms with Crippen LogP contribution in [0.2, 0.25) is 5.02 Å². The monoisotopic (exact) mass is 376 g/mol. The zero-order chi connectivity index (χ0) is 18.9. The average molecular weight is 377 g/mol. The van der Waals surface area contributed by atoms with Gasteiger partial charge in [-0.1, -0.05) is 41.9 Å². The Bertz CT molecular complexity index is 795. The van der Waals surface area contributed by atoms with Gasteiger partial charge in [-0.15, -0.1) is 0 Å². The molecule has 1 N–H and O–H groups in total. The summed E-state index contributed by atoms with van der Waals surface area (Å²) < 4.78 is 4.86. The lowest BCUT2D eigenvalue weighted by Crippen LogP contribution is -2.29. The fourth-order valence-corrected chi connectivity index (χ4v) is 2.40. The molecule has 0 spiro atoms. The van der Waals surface area contributed by atoms with Crippen LogP contribution in [-0.2, 0) is 16.0 Å². The number of nitrogens with zero attached hydrogens (tertiary/aromatic N) is 1. The third kappa shape index (κ3) is 5.86. The molecule has 2 aromatic carbocycles. The van der Waals surface area contributed by atoms with E-state index in [1.807, 2.05) is 30.3 Å². The van der Waals surface area contributed by atoms with Crippen LogP contribution >= 0.6 is 11.6 Å². The van der Waals surface area contributed by atoms with E-state index in [4.69, 9.17) is 16.3 Å². The molecule has 7 nitrogen and oxygen atoms in total. The number of amides is 1. The van der Waals surface area contributed by atoms with Crippen LogP contribution in [0.5, 0.6) is 0 Å². The first kappa shape index (κ1) is 19.4. The number of rotatable bonds is 8. The van der Waals surface area contributed by atoms with Gasteiger partial charge < -0.3 is 10.1 Å². The molecule has 0 aliphatic heterocycles.